The first-order valence-corrected chi connectivity index (χ1v) is 6.43. The van der Waals surface area contributed by atoms with Gasteiger partial charge >= 0.3 is 10.2 Å². The van der Waals surface area contributed by atoms with Crippen LogP contribution in [0, 0.1) is 0 Å². The minimum absolute atomic E-state index is 0.363. The topological polar surface area (TPSA) is 49.4 Å². The highest BCUT2D eigenvalue weighted by atomic mass is 35.5. The monoisotopic (exact) mass is 266 g/mol. The highest BCUT2D eigenvalue weighted by Gasteiger charge is 2.29. The molecule has 1 saturated heterocycles. The Bertz CT molecular complexity index is 489. The number of hydrogen-bond donors (Lipinski definition) is 1. The molecule has 0 spiro atoms. The predicted molar refractivity (Wildman–Crippen MR) is 60.7 cm³/mol. The molecule has 0 unspecified atom stereocenters. The largest absolute Gasteiger partial charge is 0.301 e. The van der Waals surface area contributed by atoms with Crippen LogP contribution in [-0.2, 0) is 10.2 Å². The maximum atomic E-state index is 11.5. The molecule has 1 aromatic rings. The van der Waals surface area contributed by atoms with Crippen molar-refractivity contribution < 1.29 is 8.42 Å². The highest BCUT2D eigenvalue weighted by Crippen LogP contribution is 2.31. The summed E-state index contributed by atoms with van der Waals surface area (Å²) in [4.78, 5) is 0. The lowest BCUT2D eigenvalue weighted by Crippen LogP contribution is -2.29. The zero-order chi connectivity index (χ0) is 11.1. The Hall–Kier alpha value is -0.490. The summed E-state index contributed by atoms with van der Waals surface area (Å²) in [5, 5.41) is 0.822. The molecule has 1 aromatic carbocycles. The van der Waals surface area contributed by atoms with E-state index in [-0.39, 0.29) is 0 Å². The first kappa shape index (κ1) is 11.0. The second-order valence-corrected chi connectivity index (χ2v) is 5.59. The number of halogens is 2. The Morgan fingerprint density at radius 3 is 2.67 bits per heavy atom. The van der Waals surface area contributed by atoms with Crippen LogP contribution in [0.4, 0.5) is 5.69 Å². The summed E-state index contributed by atoms with van der Waals surface area (Å²) in [5.74, 6) is 0. The first-order valence-electron chi connectivity index (χ1n) is 4.23. The summed E-state index contributed by atoms with van der Waals surface area (Å²) < 4.78 is 26.7. The standard InChI is InChI=1S/C8H8Cl2N2O2S/c9-6-1-2-7(10)8(5-6)12-4-3-11-15(12,13)14/h1-2,5,11H,3-4H2. The van der Waals surface area contributed by atoms with Gasteiger partial charge in [-0.15, -0.1) is 0 Å². The minimum atomic E-state index is -3.44. The average molecular weight is 267 g/mol. The molecule has 0 bridgehead atoms. The number of anilines is 1. The molecule has 0 radical (unpaired) electrons. The van der Waals surface area contributed by atoms with Crippen LogP contribution in [-0.4, -0.2) is 21.5 Å². The Morgan fingerprint density at radius 2 is 2.07 bits per heavy atom. The summed E-state index contributed by atoms with van der Waals surface area (Å²) in [7, 11) is -3.44. The van der Waals surface area contributed by atoms with Crippen LogP contribution in [0.2, 0.25) is 10.0 Å². The van der Waals surface area contributed by atoms with E-state index in [4.69, 9.17) is 23.2 Å². The fourth-order valence-electron chi connectivity index (χ4n) is 1.40. The van der Waals surface area contributed by atoms with E-state index in [9.17, 15) is 8.42 Å². The van der Waals surface area contributed by atoms with Crippen LogP contribution in [0.15, 0.2) is 18.2 Å². The molecule has 0 amide bonds. The Balaban J connectivity index is 2.50. The van der Waals surface area contributed by atoms with Gasteiger partial charge < -0.3 is 0 Å². The van der Waals surface area contributed by atoms with E-state index in [1.807, 2.05) is 0 Å². The maximum Gasteiger partial charge on any atom is 0.301 e. The van der Waals surface area contributed by atoms with Crippen molar-refractivity contribution in [3.63, 3.8) is 0 Å². The molecule has 1 heterocycles. The third kappa shape index (κ3) is 2.06. The van der Waals surface area contributed by atoms with Crippen LogP contribution in [0.5, 0.6) is 0 Å². The third-order valence-corrected chi connectivity index (χ3v) is 4.15. The summed E-state index contributed by atoms with van der Waals surface area (Å²) >= 11 is 11.7. The van der Waals surface area contributed by atoms with Gasteiger partial charge in [0.1, 0.15) is 0 Å². The lowest BCUT2D eigenvalue weighted by molar-refractivity contribution is 0.592. The van der Waals surface area contributed by atoms with E-state index < -0.39 is 10.2 Å². The number of rotatable bonds is 1. The molecular weight excluding hydrogens is 259 g/mol. The van der Waals surface area contributed by atoms with E-state index in [1.165, 1.54) is 10.4 Å². The summed E-state index contributed by atoms with van der Waals surface area (Å²) in [6.45, 7) is 0.744. The second kappa shape index (κ2) is 3.83. The van der Waals surface area contributed by atoms with Crippen molar-refractivity contribution in [2.75, 3.05) is 17.4 Å². The van der Waals surface area contributed by atoms with Gasteiger partial charge in [0.15, 0.2) is 0 Å². The predicted octanol–water partition coefficient (Wildman–Crippen LogP) is 1.65. The van der Waals surface area contributed by atoms with Gasteiger partial charge in [0.25, 0.3) is 0 Å². The van der Waals surface area contributed by atoms with E-state index in [1.54, 1.807) is 12.1 Å². The molecule has 1 N–H and O–H groups in total. The van der Waals surface area contributed by atoms with Gasteiger partial charge in [-0.1, -0.05) is 23.2 Å². The molecule has 0 aromatic heterocycles. The normalized spacial score (nSPS) is 19.5. The zero-order valence-corrected chi connectivity index (χ0v) is 9.90. The van der Waals surface area contributed by atoms with Crippen molar-refractivity contribution in [1.29, 1.82) is 0 Å². The molecule has 2 rings (SSSR count). The molecule has 1 aliphatic rings. The van der Waals surface area contributed by atoms with E-state index in [0.717, 1.165) is 0 Å². The fourth-order valence-corrected chi connectivity index (χ4v) is 3.08. The van der Waals surface area contributed by atoms with E-state index >= 15 is 0 Å². The van der Waals surface area contributed by atoms with Crippen molar-refractivity contribution in [2.24, 2.45) is 0 Å². The molecule has 7 heteroatoms. The minimum Gasteiger partial charge on any atom is -0.255 e. The van der Waals surface area contributed by atoms with Crippen LogP contribution >= 0.6 is 23.2 Å². The Morgan fingerprint density at radius 1 is 1.33 bits per heavy atom. The fraction of sp³-hybridized carbons (Fsp3) is 0.250. The van der Waals surface area contributed by atoms with Gasteiger partial charge in [0.2, 0.25) is 0 Å². The lowest BCUT2D eigenvalue weighted by atomic mass is 10.3. The second-order valence-electron chi connectivity index (χ2n) is 3.07. The molecule has 1 fully saturated rings. The quantitative estimate of drug-likeness (QED) is 0.841. The van der Waals surface area contributed by atoms with Gasteiger partial charge in [-0.05, 0) is 18.2 Å². The average Bonchev–Trinajstić information content (AvgIpc) is 2.50. The number of hydrogen-bond acceptors (Lipinski definition) is 2. The number of nitrogens with one attached hydrogen (secondary N) is 1. The van der Waals surface area contributed by atoms with E-state index in [2.05, 4.69) is 4.72 Å². The molecule has 0 atom stereocenters. The van der Waals surface area contributed by atoms with Crippen LogP contribution in [0.3, 0.4) is 0 Å². The number of benzene rings is 1. The van der Waals surface area contributed by atoms with Gasteiger partial charge in [-0.25, -0.2) is 0 Å². The van der Waals surface area contributed by atoms with Gasteiger partial charge in [0.05, 0.1) is 10.7 Å². The SMILES string of the molecule is O=S1(=O)NCCN1c1cc(Cl)ccc1Cl. The van der Waals surface area contributed by atoms with Crippen molar-refractivity contribution in [2.45, 2.75) is 0 Å². The molecule has 0 aliphatic carbocycles. The zero-order valence-electron chi connectivity index (χ0n) is 7.57. The van der Waals surface area contributed by atoms with Crippen LogP contribution < -0.4 is 9.03 Å². The Labute approximate surface area is 98.0 Å². The summed E-state index contributed by atoms with van der Waals surface area (Å²) in [6.07, 6.45) is 0. The molecule has 15 heavy (non-hydrogen) atoms. The highest BCUT2D eigenvalue weighted by molar-refractivity contribution is 7.91. The maximum absolute atomic E-state index is 11.5. The smallest absolute Gasteiger partial charge is 0.255 e. The van der Waals surface area contributed by atoms with Gasteiger partial charge in [-0.3, -0.25) is 4.31 Å². The van der Waals surface area contributed by atoms with Crippen LogP contribution in [0.25, 0.3) is 0 Å². The molecule has 82 valence electrons. The lowest BCUT2D eigenvalue weighted by Gasteiger charge is -2.17. The molecule has 0 saturated carbocycles. The Kier molecular flexibility index (Phi) is 2.81. The first-order chi connectivity index (χ1) is 7.00. The van der Waals surface area contributed by atoms with Crippen molar-refractivity contribution >= 4 is 39.1 Å². The van der Waals surface area contributed by atoms with Crippen LogP contribution in [0.1, 0.15) is 0 Å². The third-order valence-electron chi connectivity index (χ3n) is 2.07. The van der Waals surface area contributed by atoms with Crippen molar-refractivity contribution in [3.05, 3.63) is 28.2 Å². The molecule has 1 aliphatic heterocycles. The summed E-state index contributed by atoms with van der Waals surface area (Å²) in [6, 6.07) is 4.73. The van der Waals surface area contributed by atoms with Crippen molar-refractivity contribution in [3.8, 4) is 0 Å². The van der Waals surface area contributed by atoms with Gasteiger partial charge in [-0.2, -0.15) is 13.1 Å². The van der Waals surface area contributed by atoms with Gasteiger partial charge in [0, 0.05) is 18.1 Å². The summed E-state index contributed by atoms with van der Waals surface area (Å²) in [5.41, 5.74) is 0.411. The number of nitrogens with zero attached hydrogens (tertiary/aromatic N) is 1. The van der Waals surface area contributed by atoms with E-state index in [0.29, 0.717) is 28.8 Å². The molecular formula is C8H8Cl2N2O2S. The molecule has 4 nitrogen and oxygen atoms in total. The van der Waals surface area contributed by atoms with Crippen molar-refractivity contribution in [1.82, 2.24) is 4.72 Å².